The molecule has 0 amide bonds. The van der Waals surface area contributed by atoms with E-state index in [0.29, 0.717) is 20.9 Å². The second-order valence-electron chi connectivity index (χ2n) is 5.29. The molecule has 1 aromatic heterocycles. The topological polar surface area (TPSA) is 77.5 Å². The molecule has 0 radical (unpaired) electrons. The fourth-order valence-electron chi connectivity index (χ4n) is 2.31. The number of nitrogens with zero attached hydrogens (tertiary/aromatic N) is 1. The number of hydrogen-bond donors (Lipinski definition) is 1. The number of benzene rings is 2. The summed E-state index contributed by atoms with van der Waals surface area (Å²) in [7, 11) is -0.921. The normalized spacial score (nSPS) is 11.3. The molecule has 0 atom stereocenters. The van der Waals surface area contributed by atoms with E-state index in [-0.39, 0.29) is 15.8 Å². The first-order chi connectivity index (χ1) is 12.8. The Kier molecular flexibility index (Phi) is 5.95. The molecule has 0 fully saturated rings. The van der Waals surface area contributed by atoms with E-state index < -0.39 is 10.0 Å². The molecule has 3 aromatic rings. The minimum Gasteiger partial charge on any atom is -0.495 e. The van der Waals surface area contributed by atoms with Gasteiger partial charge in [0.05, 0.1) is 24.9 Å². The predicted octanol–water partition coefficient (Wildman–Crippen LogP) is 5.04. The van der Waals surface area contributed by atoms with Gasteiger partial charge in [0.1, 0.15) is 16.4 Å². The second kappa shape index (κ2) is 8.05. The zero-order valence-corrected chi connectivity index (χ0v) is 18.2. The number of rotatable bonds is 6. The van der Waals surface area contributed by atoms with Gasteiger partial charge >= 0.3 is 0 Å². The number of hydrogen-bond acceptors (Lipinski definition) is 6. The van der Waals surface area contributed by atoms with E-state index in [4.69, 9.17) is 21.1 Å². The molecule has 0 aliphatic heterocycles. The minimum absolute atomic E-state index is 0.0172. The van der Waals surface area contributed by atoms with Crippen molar-refractivity contribution in [2.24, 2.45) is 0 Å². The van der Waals surface area contributed by atoms with Crippen molar-refractivity contribution in [3.8, 4) is 22.8 Å². The average Bonchev–Trinajstić information content (AvgIpc) is 3.09. The van der Waals surface area contributed by atoms with E-state index >= 15 is 0 Å². The number of sulfonamides is 1. The van der Waals surface area contributed by atoms with Crippen LogP contribution >= 0.6 is 38.9 Å². The lowest BCUT2D eigenvalue weighted by Crippen LogP contribution is -2.14. The van der Waals surface area contributed by atoms with Crippen LogP contribution in [0.25, 0.3) is 11.3 Å². The summed E-state index contributed by atoms with van der Waals surface area (Å²) in [6, 6.07) is 9.99. The maximum atomic E-state index is 12.7. The Bertz CT molecular complexity index is 1090. The number of anilines is 1. The number of ether oxygens (including phenoxy) is 2. The van der Waals surface area contributed by atoms with Crippen LogP contribution in [0.5, 0.6) is 11.5 Å². The van der Waals surface area contributed by atoms with Gasteiger partial charge in [-0.25, -0.2) is 13.4 Å². The third kappa shape index (κ3) is 4.37. The first-order valence-corrected chi connectivity index (χ1v) is 11.0. The molecular weight excluding hydrogens is 476 g/mol. The highest BCUT2D eigenvalue weighted by molar-refractivity contribution is 9.10. The Hall–Kier alpha value is -1.81. The Morgan fingerprint density at radius 2 is 1.81 bits per heavy atom. The maximum Gasteiger partial charge on any atom is 0.267 e. The van der Waals surface area contributed by atoms with Gasteiger partial charge in [-0.15, -0.1) is 11.3 Å². The van der Waals surface area contributed by atoms with E-state index in [0.717, 1.165) is 5.56 Å². The van der Waals surface area contributed by atoms with Gasteiger partial charge in [-0.1, -0.05) is 27.5 Å². The second-order valence-corrected chi connectivity index (χ2v) is 9.12. The van der Waals surface area contributed by atoms with Crippen LogP contribution in [0.3, 0.4) is 0 Å². The molecule has 1 heterocycles. The van der Waals surface area contributed by atoms with Gasteiger partial charge in [0.25, 0.3) is 10.0 Å². The quantitative estimate of drug-likeness (QED) is 0.525. The van der Waals surface area contributed by atoms with Crippen molar-refractivity contribution >= 4 is 54.0 Å². The number of aromatic nitrogens is 1. The van der Waals surface area contributed by atoms with E-state index in [1.165, 1.54) is 31.6 Å². The predicted molar refractivity (Wildman–Crippen MR) is 111 cm³/mol. The number of halogens is 2. The SMILES string of the molecule is COc1ccc(-c2csc(NS(=O)(=O)c3cc(Br)ccc3OC)n2)cc1Cl. The van der Waals surface area contributed by atoms with Gasteiger partial charge in [-0.05, 0) is 36.4 Å². The summed E-state index contributed by atoms with van der Waals surface area (Å²) in [4.78, 5) is 4.36. The monoisotopic (exact) mass is 488 g/mol. The van der Waals surface area contributed by atoms with Crippen LogP contribution in [-0.2, 0) is 10.0 Å². The van der Waals surface area contributed by atoms with Crippen LogP contribution in [0.15, 0.2) is 51.1 Å². The molecular formula is C17H14BrClN2O4S2. The highest BCUT2D eigenvalue weighted by Gasteiger charge is 2.21. The molecule has 0 unspecified atom stereocenters. The van der Waals surface area contributed by atoms with Gasteiger partial charge in [-0.3, -0.25) is 4.72 Å². The third-order valence-corrected chi connectivity index (χ3v) is 6.62. The summed E-state index contributed by atoms with van der Waals surface area (Å²) in [5.74, 6) is 0.794. The number of methoxy groups -OCH3 is 2. The Morgan fingerprint density at radius 1 is 1.11 bits per heavy atom. The lowest BCUT2D eigenvalue weighted by molar-refractivity contribution is 0.403. The summed E-state index contributed by atoms with van der Waals surface area (Å²) in [6.45, 7) is 0. The first kappa shape index (κ1) is 19.9. The van der Waals surface area contributed by atoms with Crippen molar-refractivity contribution in [3.05, 3.63) is 51.3 Å². The zero-order chi connectivity index (χ0) is 19.6. The number of nitrogens with one attached hydrogen (secondary N) is 1. The van der Waals surface area contributed by atoms with Crippen molar-refractivity contribution in [1.82, 2.24) is 4.98 Å². The molecule has 0 saturated heterocycles. The highest BCUT2D eigenvalue weighted by atomic mass is 79.9. The van der Waals surface area contributed by atoms with Crippen molar-refractivity contribution in [3.63, 3.8) is 0 Å². The lowest BCUT2D eigenvalue weighted by Gasteiger charge is -2.10. The van der Waals surface area contributed by atoms with E-state index in [2.05, 4.69) is 25.6 Å². The molecule has 0 aliphatic rings. The lowest BCUT2D eigenvalue weighted by atomic mass is 10.2. The summed E-state index contributed by atoms with van der Waals surface area (Å²) in [5.41, 5.74) is 1.35. The van der Waals surface area contributed by atoms with Crippen molar-refractivity contribution < 1.29 is 17.9 Å². The molecule has 0 aliphatic carbocycles. The molecule has 3 rings (SSSR count). The fraction of sp³-hybridized carbons (Fsp3) is 0.118. The average molecular weight is 490 g/mol. The van der Waals surface area contributed by atoms with Crippen molar-refractivity contribution in [2.45, 2.75) is 4.90 Å². The number of thiazole rings is 1. The molecule has 0 bridgehead atoms. The van der Waals surface area contributed by atoms with Crippen LogP contribution in [-0.4, -0.2) is 27.6 Å². The summed E-state index contributed by atoms with van der Waals surface area (Å²) in [6.07, 6.45) is 0. The molecule has 0 saturated carbocycles. The van der Waals surface area contributed by atoms with E-state index in [1.807, 2.05) is 0 Å². The zero-order valence-electron chi connectivity index (χ0n) is 14.2. The standard InChI is InChI=1S/C17H14BrClN2O4S2/c1-24-14-5-3-10(7-12(14)19)13-9-26-17(20-13)21-27(22,23)16-8-11(18)4-6-15(16)25-2/h3-9H,1-2H3,(H,20,21). The smallest absolute Gasteiger partial charge is 0.267 e. The minimum atomic E-state index is -3.87. The van der Waals surface area contributed by atoms with Crippen LogP contribution < -0.4 is 14.2 Å². The van der Waals surface area contributed by atoms with Crippen molar-refractivity contribution in [1.29, 1.82) is 0 Å². The van der Waals surface area contributed by atoms with Gasteiger partial charge < -0.3 is 9.47 Å². The molecule has 10 heteroatoms. The van der Waals surface area contributed by atoms with Crippen LogP contribution in [0.1, 0.15) is 0 Å². The maximum absolute atomic E-state index is 12.7. The van der Waals surface area contributed by atoms with Crippen LogP contribution in [0.4, 0.5) is 5.13 Å². The third-order valence-electron chi connectivity index (χ3n) is 3.59. The molecule has 0 spiro atoms. The van der Waals surface area contributed by atoms with Gasteiger partial charge in [0.2, 0.25) is 0 Å². The van der Waals surface area contributed by atoms with Crippen LogP contribution in [0, 0.1) is 0 Å². The molecule has 142 valence electrons. The van der Waals surface area contributed by atoms with Gasteiger partial charge in [0.15, 0.2) is 5.13 Å². The van der Waals surface area contributed by atoms with Crippen LogP contribution in [0.2, 0.25) is 5.02 Å². The summed E-state index contributed by atoms with van der Waals surface area (Å²) >= 11 is 10.6. The Balaban J connectivity index is 1.89. The van der Waals surface area contributed by atoms with Gasteiger partial charge in [-0.2, -0.15) is 0 Å². The van der Waals surface area contributed by atoms with E-state index in [1.54, 1.807) is 35.7 Å². The molecule has 27 heavy (non-hydrogen) atoms. The van der Waals surface area contributed by atoms with E-state index in [9.17, 15) is 8.42 Å². The summed E-state index contributed by atoms with van der Waals surface area (Å²) in [5, 5.41) is 2.43. The Morgan fingerprint density at radius 3 is 2.48 bits per heavy atom. The first-order valence-electron chi connectivity index (χ1n) is 7.50. The largest absolute Gasteiger partial charge is 0.495 e. The van der Waals surface area contributed by atoms with Crippen molar-refractivity contribution in [2.75, 3.05) is 18.9 Å². The highest BCUT2D eigenvalue weighted by Crippen LogP contribution is 2.33. The fourth-order valence-corrected chi connectivity index (χ4v) is 5.25. The summed E-state index contributed by atoms with van der Waals surface area (Å²) < 4.78 is 38.9. The molecule has 1 N–H and O–H groups in total. The molecule has 2 aromatic carbocycles. The molecule has 6 nitrogen and oxygen atoms in total. The van der Waals surface area contributed by atoms with Gasteiger partial charge in [0, 0.05) is 15.4 Å². The Labute approximate surface area is 174 Å².